The first kappa shape index (κ1) is 16.6. The van der Waals surface area contributed by atoms with Crippen LogP contribution in [-0.2, 0) is 7.05 Å². The van der Waals surface area contributed by atoms with E-state index in [2.05, 4.69) is 95.3 Å². The third-order valence-corrected chi connectivity index (χ3v) is 5.53. The van der Waals surface area contributed by atoms with E-state index in [1.165, 1.54) is 49.5 Å². The standard InChI is InChI=1S/C26H21N2/c1-18-10-11-21(16-24(18)25-14-15-27-17-28(25)2)23-9-5-7-20-13-12-19-6-3-4-8-22(19)26(20)23/h3-17H,1-2H3/q+1. The van der Waals surface area contributed by atoms with Crippen molar-refractivity contribution in [3.05, 3.63) is 97.0 Å². The predicted molar refractivity (Wildman–Crippen MR) is 116 cm³/mol. The Morgan fingerprint density at radius 3 is 2.46 bits per heavy atom. The van der Waals surface area contributed by atoms with E-state index < -0.39 is 0 Å². The minimum Gasteiger partial charge on any atom is -0.233 e. The van der Waals surface area contributed by atoms with Crippen LogP contribution in [0.5, 0.6) is 0 Å². The van der Waals surface area contributed by atoms with Crippen molar-refractivity contribution in [2.75, 3.05) is 0 Å². The van der Waals surface area contributed by atoms with Crippen LogP contribution >= 0.6 is 0 Å². The van der Waals surface area contributed by atoms with Crippen LogP contribution in [0.2, 0.25) is 0 Å². The van der Waals surface area contributed by atoms with E-state index in [1.807, 2.05) is 19.6 Å². The lowest BCUT2D eigenvalue weighted by Gasteiger charge is -2.13. The second-order valence-electron chi connectivity index (χ2n) is 7.30. The van der Waals surface area contributed by atoms with Crippen molar-refractivity contribution in [3.63, 3.8) is 0 Å². The molecule has 4 aromatic carbocycles. The van der Waals surface area contributed by atoms with Crippen LogP contribution in [0, 0.1) is 6.92 Å². The molecular weight excluding hydrogens is 340 g/mol. The van der Waals surface area contributed by atoms with Crippen LogP contribution in [0.4, 0.5) is 0 Å². The molecular formula is C26H21N2+. The Bertz CT molecular complexity index is 1340. The van der Waals surface area contributed by atoms with Crippen molar-refractivity contribution >= 4 is 21.5 Å². The van der Waals surface area contributed by atoms with Gasteiger partial charge in [-0.2, -0.15) is 0 Å². The second-order valence-corrected chi connectivity index (χ2v) is 7.30. The number of hydrogen-bond donors (Lipinski definition) is 0. The smallest absolute Gasteiger partial charge is 0.233 e. The van der Waals surface area contributed by atoms with Crippen LogP contribution in [0.15, 0.2) is 91.4 Å². The first-order chi connectivity index (χ1) is 13.7. The molecule has 0 aliphatic rings. The average molecular weight is 361 g/mol. The van der Waals surface area contributed by atoms with E-state index in [9.17, 15) is 0 Å². The van der Waals surface area contributed by atoms with Gasteiger partial charge in [0.1, 0.15) is 11.9 Å². The van der Waals surface area contributed by atoms with Crippen molar-refractivity contribution in [2.24, 2.45) is 7.05 Å². The molecule has 5 aromatic rings. The van der Waals surface area contributed by atoms with Gasteiger partial charge < -0.3 is 0 Å². The molecule has 0 aliphatic carbocycles. The maximum atomic E-state index is 4.22. The maximum absolute atomic E-state index is 4.22. The molecule has 0 unspecified atom stereocenters. The summed E-state index contributed by atoms with van der Waals surface area (Å²) in [6.07, 6.45) is 3.71. The number of aryl methyl sites for hydroxylation is 2. The first-order valence-electron chi connectivity index (χ1n) is 9.54. The molecule has 5 rings (SSSR count). The number of aromatic nitrogens is 2. The Morgan fingerprint density at radius 1 is 0.750 bits per heavy atom. The lowest BCUT2D eigenvalue weighted by Crippen LogP contribution is -2.31. The van der Waals surface area contributed by atoms with Crippen molar-refractivity contribution < 1.29 is 4.57 Å². The summed E-state index contributed by atoms with van der Waals surface area (Å²) in [7, 11) is 2.04. The normalized spacial score (nSPS) is 11.2. The van der Waals surface area contributed by atoms with Crippen molar-refractivity contribution in [1.82, 2.24) is 4.98 Å². The summed E-state index contributed by atoms with van der Waals surface area (Å²) in [6, 6.07) is 28.5. The Balaban J connectivity index is 1.81. The number of benzene rings is 4. The molecule has 28 heavy (non-hydrogen) atoms. The molecule has 134 valence electrons. The Labute approximate surface area is 164 Å². The van der Waals surface area contributed by atoms with Crippen LogP contribution < -0.4 is 4.57 Å². The molecule has 0 fully saturated rings. The number of hydrogen-bond acceptors (Lipinski definition) is 1. The zero-order valence-electron chi connectivity index (χ0n) is 16.1. The zero-order valence-corrected chi connectivity index (χ0v) is 16.1. The van der Waals surface area contributed by atoms with E-state index in [0.717, 1.165) is 0 Å². The Kier molecular flexibility index (Phi) is 3.91. The fourth-order valence-electron chi connectivity index (χ4n) is 4.08. The van der Waals surface area contributed by atoms with E-state index >= 15 is 0 Å². The predicted octanol–water partition coefficient (Wildman–Crippen LogP) is 5.85. The fourth-order valence-corrected chi connectivity index (χ4v) is 4.08. The number of nitrogens with zero attached hydrogens (tertiary/aromatic N) is 2. The van der Waals surface area contributed by atoms with Gasteiger partial charge >= 0.3 is 0 Å². The topological polar surface area (TPSA) is 16.8 Å². The summed E-state index contributed by atoms with van der Waals surface area (Å²) < 4.78 is 2.07. The van der Waals surface area contributed by atoms with Crippen LogP contribution in [0.1, 0.15) is 5.56 Å². The van der Waals surface area contributed by atoms with Gasteiger partial charge in [-0.1, -0.05) is 71.7 Å². The van der Waals surface area contributed by atoms with Crippen molar-refractivity contribution in [3.8, 4) is 22.4 Å². The van der Waals surface area contributed by atoms with E-state index in [4.69, 9.17) is 0 Å². The van der Waals surface area contributed by atoms with Crippen molar-refractivity contribution in [1.29, 1.82) is 0 Å². The minimum absolute atomic E-state index is 1.17. The second kappa shape index (κ2) is 6.58. The summed E-state index contributed by atoms with van der Waals surface area (Å²) >= 11 is 0. The monoisotopic (exact) mass is 361 g/mol. The van der Waals surface area contributed by atoms with Gasteiger partial charge in [0.25, 0.3) is 6.33 Å². The molecule has 0 aliphatic heterocycles. The average Bonchev–Trinajstić information content (AvgIpc) is 2.74. The molecule has 0 saturated heterocycles. The fraction of sp³-hybridized carbons (Fsp3) is 0.0769. The molecule has 0 radical (unpaired) electrons. The molecule has 0 atom stereocenters. The Hall–Kier alpha value is -3.52. The van der Waals surface area contributed by atoms with Gasteiger partial charge in [0.05, 0.1) is 7.05 Å². The molecule has 0 amide bonds. The summed E-state index contributed by atoms with van der Waals surface area (Å²) in [5, 5.41) is 5.16. The first-order valence-corrected chi connectivity index (χ1v) is 9.54. The third-order valence-electron chi connectivity index (χ3n) is 5.53. The number of fused-ring (bicyclic) bond motifs is 3. The van der Waals surface area contributed by atoms with E-state index in [0.29, 0.717) is 0 Å². The highest BCUT2D eigenvalue weighted by molar-refractivity contribution is 6.14. The van der Waals surface area contributed by atoms with Gasteiger partial charge in [-0.3, -0.25) is 0 Å². The summed E-state index contributed by atoms with van der Waals surface area (Å²) in [5.74, 6) is 0. The molecule has 2 heteroatoms. The van der Waals surface area contributed by atoms with Crippen LogP contribution in [0.3, 0.4) is 0 Å². The highest BCUT2D eigenvalue weighted by Crippen LogP contribution is 2.36. The van der Waals surface area contributed by atoms with Crippen LogP contribution in [0.25, 0.3) is 43.9 Å². The molecule has 0 N–H and O–H groups in total. The quantitative estimate of drug-likeness (QED) is 0.284. The number of rotatable bonds is 2. The van der Waals surface area contributed by atoms with Gasteiger partial charge in [0.15, 0.2) is 0 Å². The highest BCUT2D eigenvalue weighted by Gasteiger charge is 2.13. The molecule has 0 bridgehead atoms. The Morgan fingerprint density at radius 2 is 1.57 bits per heavy atom. The van der Waals surface area contributed by atoms with Gasteiger partial charge in [-0.25, -0.2) is 4.57 Å². The lowest BCUT2D eigenvalue weighted by atomic mass is 9.91. The SMILES string of the molecule is Cc1ccc(-c2cccc3ccc4ccccc4c23)cc1-c1ccnc[n+]1C. The van der Waals surface area contributed by atoms with E-state index in [1.54, 1.807) is 0 Å². The maximum Gasteiger partial charge on any atom is 0.286 e. The summed E-state index contributed by atoms with van der Waals surface area (Å²) in [5.41, 5.74) is 6.17. The third kappa shape index (κ3) is 2.66. The van der Waals surface area contributed by atoms with E-state index in [-0.39, 0.29) is 0 Å². The van der Waals surface area contributed by atoms with Crippen molar-refractivity contribution in [2.45, 2.75) is 6.92 Å². The molecule has 1 heterocycles. The van der Waals surface area contributed by atoms with Gasteiger partial charge in [-0.15, -0.1) is 0 Å². The highest BCUT2D eigenvalue weighted by atomic mass is 15.0. The zero-order chi connectivity index (χ0) is 19.1. The van der Waals surface area contributed by atoms with Gasteiger partial charge in [0.2, 0.25) is 0 Å². The van der Waals surface area contributed by atoms with Crippen LogP contribution in [-0.4, -0.2) is 4.98 Å². The minimum atomic E-state index is 1.17. The molecule has 1 aromatic heterocycles. The molecule has 0 spiro atoms. The van der Waals surface area contributed by atoms with Gasteiger partial charge in [0, 0.05) is 11.6 Å². The lowest BCUT2D eigenvalue weighted by molar-refractivity contribution is -0.663. The summed E-state index contributed by atoms with van der Waals surface area (Å²) in [6.45, 7) is 2.16. The van der Waals surface area contributed by atoms with Gasteiger partial charge in [-0.05, 0) is 51.2 Å². The molecule has 0 saturated carbocycles. The summed E-state index contributed by atoms with van der Waals surface area (Å²) in [4.78, 5) is 4.22. The molecule has 2 nitrogen and oxygen atoms in total. The largest absolute Gasteiger partial charge is 0.286 e.